The fourth-order valence-electron chi connectivity index (χ4n) is 1.13. The number of pyridine rings is 1. The summed E-state index contributed by atoms with van der Waals surface area (Å²) in [5.41, 5.74) is 6.55. The Morgan fingerprint density at radius 1 is 1.31 bits per heavy atom. The van der Waals surface area contributed by atoms with Crippen molar-refractivity contribution in [2.24, 2.45) is 5.73 Å². The van der Waals surface area contributed by atoms with Crippen molar-refractivity contribution in [3.63, 3.8) is 0 Å². The monoisotopic (exact) mass is 291 g/mol. The second-order valence-corrected chi connectivity index (χ2v) is 3.31. The van der Waals surface area contributed by atoms with Gasteiger partial charge >= 0.3 is 0 Å². The zero-order valence-electron chi connectivity index (χ0n) is 9.09. The minimum atomic E-state index is -0.341. The molecule has 1 aromatic heterocycles. The Morgan fingerprint density at radius 2 is 1.88 bits per heavy atom. The van der Waals surface area contributed by atoms with Crippen molar-refractivity contribution in [1.29, 1.82) is 0 Å². The predicted molar refractivity (Wildman–Crippen MR) is 71.4 cm³/mol. The summed E-state index contributed by atoms with van der Waals surface area (Å²) in [5.74, 6) is -0.341. The van der Waals surface area contributed by atoms with Crippen LogP contribution in [0, 0.1) is 5.82 Å². The highest BCUT2D eigenvalue weighted by molar-refractivity contribution is 5.86. The summed E-state index contributed by atoms with van der Waals surface area (Å²) in [7, 11) is 3.85. The molecule has 3 nitrogen and oxygen atoms in total. The smallest absolute Gasteiger partial charge is 0.141 e. The van der Waals surface area contributed by atoms with Crippen LogP contribution in [0.2, 0.25) is 0 Å². The molecule has 0 fully saturated rings. The molecule has 0 amide bonds. The number of nitrogens with zero attached hydrogens (tertiary/aromatic N) is 2. The zero-order valence-corrected chi connectivity index (χ0v) is 11.5. The molecule has 1 aromatic rings. The van der Waals surface area contributed by atoms with Gasteiger partial charge in [0.15, 0.2) is 0 Å². The number of hydrogen-bond donors (Lipinski definition) is 1. The van der Waals surface area contributed by atoms with Crippen LogP contribution in [0.5, 0.6) is 0 Å². The lowest BCUT2D eigenvalue weighted by Crippen LogP contribution is -2.26. The number of halogens is 4. The number of aromatic nitrogens is 1. The third-order valence-corrected chi connectivity index (χ3v) is 1.72. The van der Waals surface area contributed by atoms with Gasteiger partial charge in [0.1, 0.15) is 5.82 Å². The Morgan fingerprint density at radius 3 is 2.31 bits per heavy atom. The fraction of sp³-hybridized carbons (Fsp3) is 0.444. The first kappa shape index (κ1) is 21.2. The molecule has 1 unspecified atom stereocenters. The maximum absolute atomic E-state index is 12.7. The Hall–Kier alpha value is -0.130. The second-order valence-electron chi connectivity index (χ2n) is 3.31. The fourth-order valence-corrected chi connectivity index (χ4v) is 1.13. The van der Waals surface area contributed by atoms with Crippen molar-refractivity contribution in [3.05, 3.63) is 29.8 Å². The highest BCUT2D eigenvalue weighted by atomic mass is 35.5. The average molecular weight is 293 g/mol. The minimum Gasteiger partial charge on any atom is -0.323 e. The van der Waals surface area contributed by atoms with Crippen LogP contribution >= 0.6 is 37.2 Å². The molecule has 0 saturated heterocycles. The van der Waals surface area contributed by atoms with Gasteiger partial charge in [-0.05, 0) is 25.7 Å². The van der Waals surface area contributed by atoms with Crippen molar-refractivity contribution in [2.45, 2.75) is 6.04 Å². The van der Waals surface area contributed by atoms with Crippen molar-refractivity contribution in [1.82, 2.24) is 9.88 Å². The van der Waals surface area contributed by atoms with Crippen molar-refractivity contribution >= 4 is 37.2 Å². The van der Waals surface area contributed by atoms with E-state index < -0.39 is 0 Å². The van der Waals surface area contributed by atoms with Gasteiger partial charge in [0, 0.05) is 18.8 Å². The molecule has 0 saturated carbocycles. The van der Waals surface area contributed by atoms with Gasteiger partial charge in [0.05, 0.1) is 6.20 Å². The molecule has 2 N–H and O–H groups in total. The van der Waals surface area contributed by atoms with Crippen LogP contribution in [0.3, 0.4) is 0 Å². The largest absolute Gasteiger partial charge is 0.323 e. The molecule has 0 aromatic carbocycles. The Labute approximate surface area is 114 Å². The molecule has 0 radical (unpaired) electrons. The van der Waals surface area contributed by atoms with Gasteiger partial charge in [0.2, 0.25) is 0 Å². The molecule has 0 aliphatic carbocycles. The van der Waals surface area contributed by atoms with Gasteiger partial charge in [-0.1, -0.05) is 0 Å². The van der Waals surface area contributed by atoms with Crippen LogP contribution in [0.15, 0.2) is 18.5 Å². The molecule has 0 aliphatic heterocycles. The van der Waals surface area contributed by atoms with E-state index in [1.165, 1.54) is 12.3 Å². The van der Waals surface area contributed by atoms with Crippen LogP contribution in [0.1, 0.15) is 11.6 Å². The van der Waals surface area contributed by atoms with Gasteiger partial charge in [-0.2, -0.15) is 0 Å². The lowest BCUT2D eigenvalue weighted by Gasteiger charge is -2.16. The zero-order chi connectivity index (χ0) is 9.84. The first-order chi connectivity index (χ1) is 6.09. The van der Waals surface area contributed by atoms with Gasteiger partial charge in [-0.15, -0.1) is 37.2 Å². The van der Waals surface area contributed by atoms with Crippen LogP contribution in [-0.4, -0.2) is 30.5 Å². The molecule has 0 bridgehead atoms. The molecule has 0 spiro atoms. The maximum atomic E-state index is 12.7. The highest BCUT2D eigenvalue weighted by Gasteiger charge is 2.07. The van der Waals surface area contributed by atoms with E-state index >= 15 is 0 Å². The second kappa shape index (κ2) is 10.1. The van der Waals surface area contributed by atoms with E-state index in [1.54, 1.807) is 6.20 Å². The molecule has 0 aliphatic rings. The molecule has 1 atom stereocenters. The van der Waals surface area contributed by atoms with E-state index in [1.807, 2.05) is 19.0 Å². The van der Waals surface area contributed by atoms with Crippen LogP contribution < -0.4 is 5.73 Å². The lowest BCUT2D eigenvalue weighted by atomic mass is 10.1. The molecule has 1 rings (SSSR count). The SMILES string of the molecule is CN(C)CC(N)c1cncc(F)c1.Cl.Cl.Cl. The summed E-state index contributed by atoms with van der Waals surface area (Å²) in [6.45, 7) is 0.686. The molecular weight excluding hydrogens is 275 g/mol. The normalized spacial score (nSPS) is 10.8. The third kappa shape index (κ3) is 7.19. The summed E-state index contributed by atoms with van der Waals surface area (Å²) >= 11 is 0. The quantitative estimate of drug-likeness (QED) is 0.927. The molecular formula is C9H17Cl3FN3. The van der Waals surface area contributed by atoms with Crippen molar-refractivity contribution < 1.29 is 4.39 Å². The van der Waals surface area contributed by atoms with Gasteiger partial charge in [0.25, 0.3) is 0 Å². The number of likely N-dealkylation sites (N-methyl/N-ethyl adjacent to an activating group) is 1. The number of hydrogen-bond acceptors (Lipinski definition) is 3. The van der Waals surface area contributed by atoms with E-state index in [2.05, 4.69) is 4.98 Å². The summed E-state index contributed by atoms with van der Waals surface area (Å²) < 4.78 is 12.7. The first-order valence-corrected chi connectivity index (χ1v) is 4.10. The molecule has 7 heteroatoms. The summed E-state index contributed by atoms with van der Waals surface area (Å²) in [6.07, 6.45) is 2.77. The highest BCUT2D eigenvalue weighted by Crippen LogP contribution is 2.10. The van der Waals surface area contributed by atoms with Crippen LogP contribution in [0.25, 0.3) is 0 Å². The predicted octanol–water partition coefficient (Wildman–Crippen LogP) is 2.05. The Kier molecular flexibility index (Phi) is 13.3. The van der Waals surface area contributed by atoms with Crippen LogP contribution in [0.4, 0.5) is 4.39 Å². The standard InChI is InChI=1S/C9H14FN3.3ClH/c1-13(2)6-9(11)7-3-8(10)5-12-4-7;;;/h3-5,9H,6,11H2,1-2H3;3*1H. The van der Waals surface area contributed by atoms with E-state index in [-0.39, 0.29) is 49.1 Å². The topological polar surface area (TPSA) is 42.1 Å². The van der Waals surface area contributed by atoms with E-state index in [0.717, 1.165) is 5.56 Å². The lowest BCUT2D eigenvalue weighted by molar-refractivity contribution is 0.376. The van der Waals surface area contributed by atoms with E-state index in [4.69, 9.17) is 5.73 Å². The minimum absolute atomic E-state index is 0. The molecule has 1 heterocycles. The van der Waals surface area contributed by atoms with Crippen molar-refractivity contribution in [2.75, 3.05) is 20.6 Å². The summed E-state index contributed by atoms with van der Waals surface area (Å²) in [6, 6.07) is 1.24. The van der Waals surface area contributed by atoms with E-state index in [0.29, 0.717) is 6.54 Å². The molecule has 16 heavy (non-hydrogen) atoms. The van der Waals surface area contributed by atoms with Gasteiger partial charge in [-0.3, -0.25) is 4.98 Å². The number of nitrogens with two attached hydrogens (primary N) is 1. The van der Waals surface area contributed by atoms with Gasteiger partial charge in [-0.25, -0.2) is 4.39 Å². The Balaban J connectivity index is -0.000000563. The van der Waals surface area contributed by atoms with Crippen LogP contribution in [-0.2, 0) is 0 Å². The third-order valence-electron chi connectivity index (χ3n) is 1.72. The van der Waals surface area contributed by atoms with Crippen molar-refractivity contribution in [3.8, 4) is 0 Å². The summed E-state index contributed by atoms with van der Waals surface area (Å²) in [4.78, 5) is 5.69. The average Bonchev–Trinajstić information content (AvgIpc) is 2.03. The van der Waals surface area contributed by atoms with Gasteiger partial charge < -0.3 is 10.6 Å². The number of rotatable bonds is 3. The maximum Gasteiger partial charge on any atom is 0.141 e. The Bertz CT molecular complexity index is 286. The first-order valence-electron chi connectivity index (χ1n) is 4.10. The molecule has 96 valence electrons. The summed E-state index contributed by atoms with van der Waals surface area (Å²) in [5, 5.41) is 0. The van der Waals surface area contributed by atoms with E-state index in [9.17, 15) is 4.39 Å².